The van der Waals surface area contributed by atoms with Crippen LogP contribution in [0.15, 0.2) is 29.3 Å². The van der Waals surface area contributed by atoms with Gasteiger partial charge in [0, 0.05) is 27.2 Å². The average Bonchev–Trinajstić information content (AvgIpc) is 2.53. The first kappa shape index (κ1) is 22.1. The van der Waals surface area contributed by atoms with Crippen LogP contribution in [-0.2, 0) is 11.2 Å². The number of methoxy groups -OCH3 is 1. The quantitative estimate of drug-likeness (QED) is 0.285. The van der Waals surface area contributed by atoms with Gasteiger partial charge < -0.3 is 20.3 Å². The van der Waals surface area contributed by atoms with Gasteiger partial charge in [0.05, 0.1) is 12.6 Å². The summed E-state index contributed by atoms with van der Waals surface area (Å²) < 4.78 is 5.04. The lowest BCUT2D eigenvalue weighted by Gasteiger charge is -2.26. The predicted octanol–water partition coefficient (Wildman–Crippen LogP) is 2.28. The highest BCUT2D eigenvalue weighted by molar-refractivity contribution is 14.0. The number of nitrogens with zero attached hydrogens (tertiary/aromatic N) is 2. The predicted molar refractivity (Wildman–Crippen MR) is 109 cm³/mol. The number of hydrogen-bond donors (Lipinski definition) is 2. The second-order valence-electron chi connectivity index (χ2n) is 5.45. The van der Waals surface area contributed by atoms with E-state index in [1.54, 1.807) is 14.2 Å². The lowest BCUT2D eigenvalue weighted by molar-refractivity contribution is 0.203. The molecule has 0 saturated heterocycles. The van der Waals surface area contributed by atoms with Gasteiger partial charge in [-0.3, -0.25) is 4.99 Å². The molecule has 1 rings (SSSR count). The molecule has 0 aliphatic carbocycles. The lowest BCUT2D eigenvalue weighted by Crippen LogP contribution is -2.42. The first-order valence-corrected chi connectivity index (χ1v) is 7.81. The average molecular weight is 434 g/mol. The topological polar surface area (TPSA) is 48.9 Å². The molecule has 0 bridgehead atoms. The molecule has 1 atom stereocenters. The van der Waals surface area contributed by atoms with Crippen LogP contribution in [0.1, 0.15) is 24.1 Å². The molecule has 0 radical (unpaired) electrons. The minimum absolute atomic E-state index is 0. The van der Waals surface area contributed by atoms with Crippen molar-refractivity contribution in [3.63, 3.8) is 0 Å². The molecule has 23 heavy (non-hydrogen) atoms. The Labute approximate surface area is 157 Å². The number of aliphatic imine (C=N–C) groups is 1. The number of ether oxygens (including phenoxy) is 1. The van der Waals surface area contributed by atoms with Gasteiger partial charge in [0.25, 0.3) is 0 Å². The van der Waals surface area contributed by atoms with E-state index in [1.807, 2.05) is 0 Å². The number of likely N-dealkylation sites (N-methyl/N-ethyl adjacent to an activating group) is 1. The molecule has 0 heterocycles. The Morgan fingerprint density at radius 3 is 2.35 bits per heavy atom. The fraction of sp³-hybridized carbons (Fsp3) is 0.588. The number of rotatable bonds is 8. The summed E-state index contributed by atoms with van der Waals surface area (Å²) >= 11 is 0. The van der Waals surface area contributed by atoms with Crippen LogP contribution in [0.5, 0.6) is 0 Å². The molecule has 2 N–H and O–H groups in total. The Kier molecular flexibility index (Phi) is 12.1. The molecule has 6 heteroatoms. The van der Waals surface area contributed by atoms with E-state index in [0.717, 1.165) is 25.5 Å². The summed E-state index contributed by atoms with van der Waals surface area (Å²) in [5, 5.41) is 6.61. The van der Waals surface area contributed by atoms with E-state index in [1.165, 1.54) is 11.1 Å². The van der Waals surface area contributed by atoms with Gasteiger partial charge in [0.2, 0.25) is 0 Å². The summed E-state index contributed by atoms with van der Waals surface area (Å²) in [7, 11) is 7.67. The van der Waals surface area contributed by atoms with E-state index in [-0.39, 0.29) is 24.0 Å². The second-order valence-corrected chi connectivity index (χ2v) is 5.45. The van der Waals surface area contributed by atoms with Crippen LogP contribution in [0.25, 0.3) is 0 Å². The Hall–Kier alpha value is -0.860. The van der Waals surface area contributed by atoms with Crippen LogP contribution in [0, 0.1) is 0 Å². The normalized spacial score (nSPS) is 12.7. The summed E-state index contributed by atoms with van der Waals surface area (Å²) in [6.45, 7) is 4.38. The first-order valence-electron chi connectivity index (χ1n) is 7.81. The molecule has 0 spiro atoms. The van der Waals surface area contributed by atoms with Crippen LogP contribution in [-0.4, -0.2) is 58.8 Å². The van der Waals surface area contributed by atoms with Gasteiger partial charge in [-0.05, 0) is 31.6 Å². The summed E-state index contributed by atoms with van der Waals surface area (Å²) in [4.78, 5) is 6.45. The summed E-state index contributed by atoms with van der Waals surface area (Å²) in [6.07, 6.45) is 1.07. The fourth-order valence-corrected chi connectivity index (χ4v) is 2.26. The Morgan fingerprint density at radius 2 is 1.87 bits per heavy atom. The fourth-order valence-electron chi connectivity index (χ4n) is 2.26. The molecule has 0 fully saturated rings. The van der Waals surface area contributed by atoms with Crippen molar-refractivity contribution in [1.29, 1.82) is 0 Å². The molecule has 0 aliphatic heterocycles. The number of halogens is 1. The minimum Gasteiger partial charge on any atom is -0.383 e. The standard InChI is InChI=1S/C17H30N4O.HI/c1-6-14-7-9-15(10-8-14)16(21(3)4)13-20-17(18-2)19-11-12-22-5;/h7-10,16H,6,11-13H2,1-5H3,(H2,18,19,20);1H. The molecule has 1 aromatic rings. The molecular weight excluding hydrogens is 403 g/mol. The molecular formula is C17H31IN4O. The number of aryl methyl sites for hydroxylation is 1. The molecule has 132 valence electrons. The third kappa shape index (κ3) is 7.99. The van der Waals surface area contributed by atoms with Crippen LogP contribution in [0.3, 0.4) is 0 Å². The Morgan fingerprint density at radius 1 is 1.22 bits per heavy atom. The zero-order chi connectivity index (χ0) is 16.4. The van der Waals surface area contributed by atoms with E-state index in [9.17, 15) is 0 Å². The van der Waals surface area contributed by atoms with Crippen molar-refractivity contribution < 1.29 is 4.74 Å². The first-order chi connectivity index (χ1) is 10.6. The van der Waals surface area contributed by atoms with E-state index in [4.69, 9.17) is 4.74 Å². The van der Waals surface area contributed by atoms with E-state index >= 15 is 0 Å². The number of nitrogens with one attached hydrogen (secondary N) is 2. The van der Waals surface area contributed by atoms with Crippen molar-refractivity contribution in [2.24, 2.45) is 4.99 Å². The summed E-state index contributed by atoms with van der Waals surface area (Å²) in [5.41, 5.74) is 2.67. The second kappa shape index (κ2) is 12.5. The van der Waals surface area contributed by atoms with Crippen molar-refractivity contribution in [2.45, 2.75) is 19.4 Å². The van der Waals surface area contributed by atoms with Gasteiger partial charge in [-0.25, -0.2) is 0 Å². The number of hydrogen-bond acceptors (Lipinski definition) is 3. The molecule has 0 saturated carbocycles. The zero-order valence-electron chi connectivity index (χ0n) is 14.9. The molecule has 0 aliphatic rings. The van der Waals surface area contributed by atoms with E-state index in [0.29, 0.717) is 12.6 Å². The maximum Gasteiger partial charge on any atom is 0.191 e. The highest BCUT2D eigenvalue weighted by Gasteiger charge is 2.14. The van der Waals surface area contributed by atoms with Crippen LogP contribution in [0.4, 0.5) is 0 Å². The van der Waals surface area contributed by atoms with Gasteiger partial charge in [0.1, 0.15) is 0 Å². The maximum atomic E-state index is 5.04. The van der Waals surface area contributed by atoms with E-state index in [2.05, 4.69) is 65.8 Å². The van der Waals surface area contributed by atoms with Gasteiger partial charge in [-0.2, -0.15) is 0 Å². The third-order valence-electron chi connectivity index (χ3n) is 3.68. The van der Waals surface area contributed by atoms with Crippen LogP contribution >= 0.6 is 24.0 Å². The molecule has 0 amide bonds. The highest BCUT2D eigenvalue weighted by atomic mass is 127. The monoisotopic (exact) mass is 434 g/mol. The van der Waals surface area contributed by atoms with Crippen molar-refractivity contribution in [1.82, 2.24) is 15.5 Å². The van der Waals surface area contributed by atoms with Gasteiger partial charge >= 0.3 is 0 Å². The maximum absolute atomic E-state index is 5.04. The lowest BCUT2D eigenvalue weighted by atomic mass is 10.0. The molecule has 0 aromatic heterocycles. The molecule has 1 aromatic carbocycles. The van der Waals surface area contributed by atoms with Crippen molar-refractivity contribution in [3.8, 4) is 0 Å². The van der Waals surface area contributed by atoms with Crippen molar-refractivity contribution >= 4 is 29.9 Å². The van der Waals surface area contributed by atoms with Crippen molar-refractivity contribution in [3.05, 3.63) is 35.4 Å². The van der Waals surface area contributed by atoms with Gasteiger partial charge in [-0.1, -0.05) is 31.2 Å². The SMILES string of the molecule is CCc1ccc(C(CNC(=NC)NCCOC)N(C)C)cc1.I. The van der Waals surface area contributed by atoms with Gasteiger partial charge in [0.15, 0.2) is 5.96 Å². The summed E-state index contributed by atoms with van der Waals surface area (Å²) in [5.74, 6) is 0.800. The largest absolute Gasteiger partial charge is 0.383 e. The van der Waals surface area contributed by atoms with Gasteiger partial charge in [-0.15, -0.1) is 24.0 Å². The molecule has 1 unspecified atom stereocenters. The number of guanidine groups is 1. The third-order valence-corrected chi connectivity index (χ3v) is 3.68. The molecule has 5 nitrogen and oxygen atoms in total. The smallest absolute Gasteiger partial charge is 0.191 e. The van der Waals surface area contributed by atoms with Crippen LogP contribution < -0.4 is 10.6 Å². The highest BCUT2D eigenvalue weighted by Crippen LogP contribution is 2.18. The number of benzene rings is 1. The van der Waals surface area contributed by atoms with Crippen molar-refractivity contribution in [2.75, 3.05) is 47.9 Å². The van der Waals surface area contributed by atoms with Crippen LogP contribution in [0.2, 0.25) is 0 Å². The Balaban J connectivity index is 0.00000484. The van der Waals surface area contributed by atoms with E-state index < -0.39 is 0 Å². The zero-order valence-corrected chi connectivity index (χ0v) is 17.3. The summed E-state index contributed by atoms with van der Waals surface area (Å²) in [6, 6.07) is 9.14. The minimum atomic E-state index is 0. The Bertz CT molecular complexity index is 448.